The van der Waals surface area contributed by atoms with Gasteiger partial charge in [0.25, 0.3) is 0 Å². The van der Waals surface area contributed by atoms with Crippen molar-refractivity contribution < 1.29 is 14.6 Å². The van der Waals surface area contributed by atoms with Gasteiger partial charge in [0.1, 0.15) is 0 Å². The van der Waals surface area contributed by atoms with Crippen molar-refractivity contribution in [3.8, 4) is 0 Å². The lowest BCUT2D eigenvalue weighted by Crippen LogP contribution is -2.00. The molecule has 0 amide bonds. The first-order chi connectivity index (χ1) is 5.83. The van der Waals surface area contributed by atoms with Gasteiger partial charge in [-0.2, -0.15) is 0 Å². The smallest absolute Gasteiger partial charge is 0.456 e. The lowest BCUT2D eigenvalue weighted by Gasteiger charge is -1.90. The first-order valence-corrected chi connectivity index (χ1v) is 4.40. The zero-order valence-electron chi connectivity index (χ0n) is 7.99. The Kier molecular flexibility index (Phi) is 20.8. The molecule has 0 aromatic rings. The molecule has 0 aliphatic heterocycles. The second-order valence-corrected chi connectivity index (χ2v) is 2.41. The van der Waals surface area contributed by atoms with Crippen LogP contribution in [-0.2, 0) is 4.57 Å². The molecule has 0 heterocycles. The summed E-state index contributed by atoms with van der Waals surface area (Å²) in [7, 11) is 0.750. The Morgan fingerprint density at radius 1 is 0.917 bits per heavy atom. The van der Waals surface area contributed by atoms with Gasteiger partial charge in [0.15, 0.2) is 0 Å². The summed E-state index contributed by atoms with van der Waals surface area (Å²) in [5, 5.41) is 15.1. The molecule has 0 aromatic carbocycles. The lowest BCUT2D eigenvalue weighted by atomic mass is 10.2. The van der Waals surface area contributed by atoms with E-state index in [-0.39, 0.29) is 0 Å². The first-order valence-electron chi connectivity index (χ1n) is 4.40. The molecule has 0 spiro atoms. The SMILES string of the molecule is CCCCCCC.O[B]O[B]O. The molecular weight excluding hydrogens is 154 g/mol. The minimum absolute atomic E-state index is 0.375. The van der Waals surface area contributed by atoms with Crippen LogP contribution in [-0.4, -0.2) is 25.4 Å². The molecule has 0 unspecified atom stereocenters. The lowest BCUT2D eigenvalue weighted by molar-refractivity contribution is 0.408. The Hall–Kier alpha value is 0.00987. The van der Waals surface area contributed by atoms with E-state index in [0.717, 1.165) is 0 Å². The summed E-state index contributed by atoms with van der Waals surface area (Å²) in [6.45, 7) is 4.49. The van der Waals surface area contributed by atoms with Crippen LogP contribution in [0.5, 0.6) is 0 Å². The van der Waals surface area contributed by atoms with Crippen LogP contribution in [0.4, 0.5) is 0 Å². The highest BCUT2D eigenvalue weighted by atomic mass is 16.5. The largest absolute Gasteiger partial charge is 0.469 e. The molecule has 0 atom stereocenters. The molecule has 0 bridgehead atoms. The van der Waals surface area contributed by atoms with Crippen LogP contribution < -0.4 is 0 Å². The molecule has 2 N–H and O–H groups in total. The Balaban J connectivity index is 0. The topological polar surface area (TPSA) is 49.7 Å². The third kappa shape index (κ3) is 22.5. The van der Waals surface area contributed by atoms with Crippen molar-refractivity contribution in [2.75, 3.05) is 0 Å². The summed E-state index contributed by atoms with van der Waals surface area (Å²) >= 11 is 0. The fourth-order valence-corrected chi connectivity index (χ4v) is 0.704. The third-order valence-electron chi connectivity index (χ3n) is 1.33. The molecule has 0 saturated carbocycles. The van der Waals surface area contributed by atoms with Crippen molar-refractivity contribution in [1.82, 2.24) is 0 Å². The van der Waals surface area contributed by atoms with E-state index >= 15 is 0 Å². The van der Waals surface area contributed by atoms with Crippen LogP contribution in [0.2, 0.25) is 0 Å². The van der Waals surface area contributed by atoms with Crippen LogP contribution in [0.15, 0.2) is 0 Å². The molecule has 5 heteroatoms. The second kappa shape index (κ2) is 17.2. The Morgan fingerprint density at radius 2 is 1.33 bits per heavy atom. The fraction of sp³-hybridized carbons (Fsp3) is 1.00. The van der Waals surface area contributed by atoms with E-state index in [4.69, 9.17) is 10.0 Å². The van der Waals surface area contributed by atoms with Crippen molar-refractivity contribution in [3.05, 3.63) is 0 Å². The number of hydrogen-bond acceptors (Lipinski definition) is 3. The molecule has 0 rings (SSSR count). The Morgan fingerprint density at radius 3 is 1.50 bits per heavy atom. The van der Waals surface area contributed by atoms with E-state index in [1.165, 1.54) is 32.1 Å². The molecule has 2 radical (unpaired) electrons. The average molecular weight is 172 g/mol. The van der Waals surface area contributed by atoms with Gasteiger partial charge in [-0.25, -0.2) is 0 Å². The predicted molar refractivity (Wildman–Crippen MR) is 51.5 cm³/mol. The molecule has 0 aliphatic carbocycles. The molecular formula is C7H18B2O3. The number of hydrogen-bond donors (Lipinski definition) is 2. The van der Waals surface area contributed by atoms with Gasteiger partial charge in [-0.15, -0.1) is 0 Å². The van der Waals surface area contributed by atoms with Crippen LogP contribution in [0.25, 0.3) is 0 Å². The Labute approximate surface area is 76.8 Å². The van der Waals surface area contributed by atoms with Crippen LogP contribution >= 0.6 is 0 Å². The van der Waals surface area contributed by atoms with Gasteiger partial charge in [-0.05, 0) is 0 Å². The van der Waals surface area contributed by atoms with Gasteiger partial charge >= 0.3 is 15.4 Å². The third-order valence-corrected chi connectivity index (χ3v) is 1.33. The zero-order valence-corrected chi connectivity index (χ0v) is 7.99. The van der Waals surface area contributed by atoms with Gasteiger partial charge in [0.05, 0.1) is 0 Å². The van der Waals surface area contributed by atoms with E-state index in [1.807, 2.05) is 0 Å². The fourth-order valence-electron chi connectivity index (χ4n) is 0.704. The van der Waals surface area contributed by atoms with Crippen molar-refractivity contribution in [1.29, 1.82) is 0 Å². The summed E-state index contributed by atoms with van der Waals surface area (Å²) in [6.07, 6.45) is 7.01. The molecule has 3 nitrogen and oxygen atoms in total. The highest BCUT2D eigenvalue weighted by molar-refractivity contribution is 6.32. The molecule has 0 aromatic heterocycles. The molecule has 0 fully saturated rings. The van der Waals surface area contributed by atoms with E-state index in [9.17, 15) is 0 Å². The van der Waals surface area contributed by atoms with Crippen molar-refractivity contribution in [3.63, 3.8) is 0 Å². The van der Waals surface area contributed by atoms with Gasteiger partial charge in [0, 0.05) is 0 Å². The maximum Gasteiger partial charge on any atom is 0.469 e. The quantitative estimate of drug-likeness (QED) is 0.464. The summed E-state index contributed by atoms with van der Waals surface area (Å²) in [5.41, 5.74) is 0. The van der Waals surface area contributed by atoms with E-state index in [0.29, 0.717) is 15.4 Å². The predicted octanol–water partition coefficient (Wildman–Crippen LogP) is 1.03. The molecule has 70 valence electrons. The summed E-state index contributed by atoms with van der Waals surface area (Å²) < 4.78 is 3.69. The highest BCUT2D eigenvalue weighted by Crippen LogP contribution is 2.00. The minimum atomic E-state index is 0.375. The number of unbranched alkanes of at least 4 members (excludes halogenated alkanes) is 4. The first kappa shape index (κ1) is 14.5. The number of rotatable bonds is 6. The summed E-state index contributed by atoms with van der Waals surface area (Å²) in [6, 6.07) is 0. The maximum absolute atomic E-state index is 7.53. The van der Waals surface area contributed by atoms with E-state index < -0.39 is 0 Å². The van der Waals surface area contributed by atoms with Crippen LogP contribution in [0.3, 0.4) is 0 Å². The Bertz CT molecular complexity index is 58.6. The van der Waals surface area contributed by atoms with Crippen molar-refractivity contribution in [2.24, 2.45) is 0 Å². The van der Waals surface area contributed by atoms with Crippen molar-refractivity contribution in [2.45, 2.75) is 46.0 Å². The summed E-state index contributed by atoms with van der Waals surface area (Å²) in [4.78, 5) is 0. The van der Waals surface area contributed by atoms with Gasteiger partial charge in [-0.3, -0.25) is 0 Å². The van der Waals surface area contributed by atoms with Crippen LogP contribution in [0, 0.1) is 0 Å². The zero-order chi connectivity index (χ0) is 9.66. The molecule has 12 heavy (non-hydrogen) atoms. The van der Waals surface area contributed by atoms with Gasteiger partial charge < -0.3 is 14.6 Å². The van der Waals surface area contributed by atoms with Crippen LogP contribution in [0.1, 0.15) is 46.0 Å². The summed E-state index contributed by atoms with van der Waals surface area (Å²) in [5.74, 6) is 0. The normalized spacial score (nSPS) is 8.33. The minimum Gasteiger partial charge on any atom is -0.456 e. The van der Waals surface area contributed by atoms with E-state index in [2.05, 4.69) is 18.4 Å². The average Bonchev–Trinajstić information content (AvgIpc) is 2.08. The van der Waals surface area contributed by atoms with E-state index in [1.54, 1.807) is 0 Å². The standard InChI is InChI=1S/C7H16.B2H2O3/c1-3-5-7-6-4-2;3-1-5-2-4/h3-7H2,1-2H3;3-4H. The molecule has 0 saturated heterocycles. The second-order valence-electron chi connectivity index (χ2n) is 2.41. The van der Waals surface area contributed by atoms with Crippen molar-refractivity contribution >= 4 is 15.4 Å². The monoisotopic (exact) mass is 172 g/mol. The molecule has 0 aliphatic rings. The van der Waals surface area contributed by atoms with Gasteiger partial charge in [0.2, 0.25) is 0 Å². The van der Waals surface area contributed by atoms with Gasteiger partial charge in [-0.1, -0.05) is 46.0 Å². The highest BCUT2D eigenvalue weighted by Gasteiger charge is 1.81. The maximum atomic E-state index is 7.53.